The third kappa shape index (κ3) is 2.51. The number of allylic oxidation sites excluding steroid dienone is 1. The highest BCUT2D eigenvalue weighted by molar-refractivity contribution is 7.78. The molecule has 0 saturated carbocycles. The zero-order valence-corrected chi connectivity index (χ0v) is 10.5. The molecule has 0 aromatic rings. The van der Waals surface area contributed by atoms with Crippen molar-refractivity contribution in [1.82, 2.24) is 4.67 Å². The molecule has 0 aromatic carbocycles. The van der Waals surface area contributed by atoms with E-state index in [0.717, 1.165) is 5.76 Å². The molecule has 0 aliphatic carbocycles. The van der Waals surface area contributed by atoms with Crippen LogP contribution in [0.25, 0.3) is 0 Å². The number of rotatable bonds is 1. The summed E-state index contributed by atoms with van der Waals surface area (Å²) < 4.78 is 7.70. The fourth-order valence-electron chi connectivity index (χ4n) is 0.979. The van der Waals surface area contributed by atoms with Gasteiger partial charge in [-0.15, -0.1) is 0 Å². The quantitative estimate of drug-likeness (QED) is 0.619. The van der Waals surface area contributed by atoms with Crippen LogP contribution in [0.1, 0.15) is 34.6 Å². The minimum absolute atomic E-state index is 0.0547. The lowest BCUT2D eigenvalue weighted by Gasteiger charge is -2.21. The lowest BCUT2D eigenvalue weighted by atomic mass is 9.94. The van der Waals surface area contributed by atoms with Crippen LogP contribution < -0.4 is 0 Å². The first kappa shape index (κ1) is 11.1. The SMILES string of the molecule is CC(C)N1C=C(C(C)(C)C)OP1Cl. The molecule has 13 heavy (non-hydrogen) atoms. The summed E-state index contributed by atoms with van der Waals surface area (Å²) in [6.07, 6.45) is 2.05. The Morgan fingerprint density at radius 2 is 2.00 bits per heavy atom. The molecular weight excluding hydrogens is 205 g/mol. The Morgan fingerprint density at radius 1 is 1.46 bits per heavy atom. The van der Waals surface area contributed by atoms with Gasteiger partial charge in [-0.3, -0.25) is 0 Å². The first-order chi connectivity index (χ1) is 5.82. The summed E-state index contributed by atoms with van der Waals surface area (Å²) >= 11 is 6.09. The number of hydrogen-bond acceptors (Lipinski definition) is 2. The molecule has 2 nitrogen and oxygen atoms in total. The zero-order chi connectivity index (χ0) is 10.2. The van der Waals surface area contributed by atoms with Crippen LogP contribution in [0.5, 0.6) is 0 Å². The van der Waals surface area contributed by atoms with Crippen molar-refractivity contribution < 1.29 is 4.52 Å². The van der Waals surface area contributed by atoms with Crippen LogP contribution in [0.2, 0.25) is 0 Å². The fraction of sp³-hybridized carbons (Fsp3) is 0.778. The molecule has 0 saturated heterocycles. The summed E-state index contributed by atoms with van der Waals surface area (Å²) in [5, 5.41) is 0. The number of hydrogen-bond donors (Lipinski definition) is 0. The van der Waals surface area contributed by atoms with Crippen molar-refractivity contribution >= 4 is 18.9 Å². The molecule has 4 heteroatoms. The van der Waals surface area contributed by atoms with Gasteiger partial charge < -0.3 is 9.19 Å². The molecule has 0 N–H and O–H groups in total. The van der Waals surface area contributed by atoms with Crippen LogP contribution in [-0.2, 0) is 4.52 Å². The molecule has 1 atom stereocenters. The maximum absolute atomic E-state index is 6.09. The van der Waals surface area contributed by atoms with E-state index in [4.69, 9.17) is 15.8 Å². The normalized spacial score (nSPS) is 23.5. The first-order valence-corrected chi connectivity index (χ1v) is 6.58. The van der Waals surface area contributed by atoms with E-state index < -0.39 is 7.65 Å². The molecule has 1 aliphatic heterocycles. The van der Waals surface area contributed by atoms with Crippen molar-refractivity contribution in [3.8, 4) is 0 Å². The summed E-state index contributed by atoms with van der Waals surface area (Å²) in [5.41, 5.74) is 0.0547. The molecule has 1 unspecified atom stereocenters. The Bertz CT molecular complexity index is 222. The topological polar surface area (TPSA) is 12.5 Å². The van der Waals surface area contributed by atoms with E-state index in [0.29, 0.717) is 6.04 Å². The Hall–Kier alpha value is 0.0600. The van der Waals surface area contributed by atoms with Gasteiger partial charge in [0.2, 0.25) is 0 Å². The molecule has 0 amide bonds. The maximum atomic E-state index is 6.09. The highest BCUT2D eigenvalue weighted by atomic mass is 35.7. The van der Waals surface area contributed by atoms with Crippen molar-refractivity contribution in [2.24, 2.45) is 5.41 Å². The van der Waals surface area contributed by atoms with Gasteiger partial charge in [0.05, 0.1) is 0 Å². The second kappa shape index (κ2) is 3.67. The summed E-state index contributed by atoms with van der Waals surface area (Å²) in [6, 6.07) is 0.406. The standard InChI is InChI=1S/C9H17ClNOP/c1-7(2)11-6-8(9(3,4)5)12-13(11)10/h6-7H,1-5H3. The molecule has 1 heterocycles. The van der Waals surface area contributed by atoms with E-state index in [-0.39, 0.29) is 5.41 Å². The van der Waals surface area contributed by atoms with Crippen LogP contribution in [-0.4, -0.2) is 10.7 Å². The molecular formula is C9H17ClNOP. The van der Waals surface area contributed by atoms with E-state index in [1.807, 2.05) is 6.20 Å². The minimum atomic E-state index is -0.959. The predicted octanol–water partition coefficient (Wildman–Crippen LogP) is 4.08. The molecule has 76 valence electrons. The van der Waals surface area contributed by atoms with Gasteiger partial charge in [0.25, 0.3) is 7.65 Å². The van der Waals surface area contributed by atoms with Crippen molar-refractivity contribution in [3.05, 3.63) is 12.0 Å². The van der Waals surface area contributed by atoms with Crippen LogP contribution >= 0.6 is 18.9 Å². The summed E-state index contributed by atoms with van der Waals surface area (Å²) in [7, 11) is -0.959. The Morgan fingerprint density at radius 3 is 2.23 bits per heavy atom. The molecule has 0 radical (unpaired) electrons. The highest BCUT2D eigenvalue weighted by Crippen LogP contribution is 2.57. The van der Waals surface area contributed by atoms with E-state index in [9.17, 15) is 0 Å². The average Bonchev–Trinajstić information content (AvgIpc) is 2.29. The van der Waals surface area contributed by atoms with E-state index >= 15 is 0 Å². The minimum Gasteiger partial charge on any atom is -0.443 e. The summed E-state index contributed by atoms with van der Waals surface area (Å²) in [4.78, 5) is 0. The van der Waals surface area contributed by atoms with Crippen LogP contribution in [0.3, 0.4) is 0 Å². The smallest absolute Gasteiger partial charge is 0.296 e. The summed E-state index contributed by atoms with van der Waals surface area (Å²) in [5.74, 6) is 0.988. The average molecular weight is 222 g/mol. The number of nitrogens with zero attached hydrogens (tertiary/aromatic N) is 1. The van der Waals surface area contributed by atoms with Gasteiger partial charge in [-0.1, -0.05) is 20.8 Å². The van der Waals surface area contributed by atoms with Gasteiger partial charge in [-0.05, 0) is 25.1 Å². The maximum Gasteiger partial charge on any atom is 0.296 e. The largest absolute Gasteiger partial charge is 0.443 e. The second-order valence-electron chi connectivity index (χ2n) is 4.53. The first-order valence-electron chi connectivity index (χ1n) is 4.47. The highest BCUT2D eigenvalue weighted by Gasteiger charge is 2.33. The van der Waals surface area contributed by atoms with Crippen molar-refractivity contribution in [2.45, 2.75) is 40.7 Å². The molecule has 0 bridgehead atoms. The van der Waals surface area contributed by atoms with Gasteiger partial charge in [-0.2, -0.15) is 0 Å². The lowest BCUT2D eigenvalue weighted by Crippen LogP contribution is -2.15. The third-order valence-electron chi connectivity index (χ3n) is 1.87. The van der Waals surface area contributed by atoms with Crippen LogP contribution in [0, 0.1) is 5.41 Å². The van der Waals surface area contributed by atoms with Crippen molar-refractivity contribution in [1.29, 1.82) is 0 Å². The van der Waals surface area contributed by atoms with Crippen LogP contribution in [0.4, 0.5) is 0 Å². The Labute approximate surface area is 86.6 Å². The molecule has 0 fully saturated rings. The van der Waals surface area contributed by atoms with Gasteiger partial charge in [0.1, 0.15) is 5.76 Å². The Balaban J connectivity index is 2.78. The van der Waals surface area contributed by atoms with Gasteiger partial charge in [-0.25, -0.2) is 0 Å². The molecule has 0 aromatic heterocycles. The predicted molar refractivity (Wildman–Crippen MR) is 58.4 cm³/mol. The van der Waals surface area contributed by atoms with Gasteiger partial charge in [0, 0.05) is 17.7 Å². The van der Waals surface area contributed by atoms with Gasteiger partial charge in [0.15, 0.2) is 0 Å². The third-order valence-corrected chi connectivity index (χ3v) is 3.89. The fourth-order valence-corrected chi connectivity index (χ4v) is 2.99. The van der Waals surface area contributed by atoms with Crippen LogP contribution in [0.15, 0.2) is 12.0 Å². The molecule has 0 spiro atoms. The summed E-state index contributed by atoms with van der Waals surface area (Å²) in [6.45, 7) is 10.6. The monoisotopic (exact) mass is 221 g/mol. The van der Waals surface area contributed by atoms with Crippen molar-refractivity contribution in [2.75, 3.05) is 0 Å². The molecule has 1 aliphatic rings. The van der Waals surface area contributed by atoms with E-state index in [1.54, 1.807) is 0 Å². The van der Waals surface area contributed by atoms with Gasteiger partial charge >= 0.3 is 0 Å². The second-order valence-corrected chi connectivity index (χ2v) is 6.50. The van der Waals surface area contributed by atoms with E-state index in [2.05, 4.69) is 39.3 Å². The Kier molecular flexibility index (Phi) is 3.14. The lowest BCUT2D eigenvalue weighted by molar-refractivity contribution is 0.326. The zero-order valence-electron chi connectivity index (χ0n) is 8.84. The van der Waals surface area contributed by atoms with Crippen molar-refractivity contribution in [3.63, 3.8) is 0 Å². The number of halogens is 1. The van der Waals surface area contributed by atoms with E-state index in [1.165, 1.54) is 0 Å². The molecule has 1 rings (SSSR count).